The Morgan fingerprint density at radius 3 is 2.62 bits per heavy atom. The molecular weight excluding hydrogens is 364 g/mol. The van der Waals surface area contributed by atoms with E-state index in [2.05, 4.69) is 9.98 Å². The summed E-state index contributed by atoms with van der Waals surface area (Å²) >= 11 is 2.84. The highest BCUT2D eigenvalue weighted by atomic mass is 32.2. The van der Waals surface area contributed by atoms with Crippen LogP contribution in [0.5, 0.6) is 0 Å². The van der Waals surface area contributed by atoms with E-state index in [9.17, 15) is 4.79 Å². The molecule has 0 atom stereocenters. The van der Waals surface area contributed by atoms with Gasteiger partial charge < -0.3 is 4.57 Å². The first kappa shape index (κ1) is 16.8. The predicted molar refractivity (Wildman–Crippen MR) is 109 cm³/mol. The molecule has 0 saturated carbocycles. The van der Waals surface area contributed by atoms with Crippen molar-refractivity contribution in [1.29, 1.82) is 0 Å². The maximum atomic E-state index is 13.1. The van der Waals surface area contributed by atoms with Crippen molar-refractivity contribution in [3.05, 3.63) is 70.3 Å². The number of para-hydroxylation sites is 1. The summed E-state index contributed by atoms with van der Waals surface area (Å²) in [5.74, 6) is -0.0746. The second-order valence-electron chi connectivity index (χ2n) is 5.80. The Kier molecular flexibility index (Phi) is 4.48. The number of aryl methyl sites for hydroxylation is 2. The van der Waals surface area contributed by atoms with Crippen molar-refractivity contribution >= 4 is 51.1 Å². The average molecular weight is 380 g/mol. The molecule has 0 bridgehead atoms. The molecule has 0 N–H and O–H groups in total. The number of hydrogen-bond acceptors (Lipinski definition) is 5. The number of nitrogens with zero attached hydrogens (tertiary/aromatic N) is 4. The summed E-state index contributed by atoms with van der Waals surface area (Å²) in [6.45, 7) is 1.93. The Morgan fingerprint density at radius 2 is 1.96 bits per heavy atom. The van der Waals surface area contributed by atoms with Crippen molar-refractivity contribution in [2.75, 3.05) is 4.90 Å². The predicted octanol–water partition coefficient (Wildman–Crippen LogP) is 4.60. The van der Waals surface area contributed by atoms with Crippen LogP contribution in [0.4, 0.5) is 10.8 Å². The molecule has 7 heteroatoms. The second kappa shape index (κ2) is 6.93. The Balaban J connectivity index is 1.78. The van der Waals surface area contributed by atoms with Crippen LogP contribution in [0.3, 0.4) is 0 Å². The summed E-state index contributed by atoms with van der Waals surface area (Å²) in [5.41, 5.74) is 2.70. The standard InChI is InChI=1S/C19H16N4OS2/c1-13-12-25-18(20-13)21-19-23(14-7-4-3-5-8-14)17(24)16(26-19)11-15-9-6-10-22(15)2/h3-12H,1-2H3/b16-11+,21-19+. The molecule has 1 fully saturated rings. The molecule has 26 heavy (non-hydrogen) atoms. The quantitative estimate of drug-likeness (QED) is 0.624. The van der Waals surface area contributed by atoms with Crippen LogP contribution in [0.1, 0.15) is 11.4 Å². The van der Waals surface area contributed by atoms with Crippen molar-refractivity contribution in [2.24, 2.45) is 12.0 Å². The minimum atomic E-state index is -0.0746. The number of rotatable bonds is 3. The zero-order valence-electron chi connectivity index (χ0n) is 14.3. The number of thiazole rings is 1. The van der Waals surface area contributed by atoms with Crippen molar-refractivity contribution in [2.45, 2.75) is 6.92 Å². The maximum absolute atomic E-state index is 13.1. The van der Waals surface area contributed by atoms with E-state index in [0.29, 0.717) is 15.2 Å². The van der Waals surface area contributed by atoms with Crippen LogP contribution in [0, 0.1) is 6.92 Å². The number of hydrogen-bond donors (Lipinski definition) is 0. The molecule has 1 aromatic carbocycles. The molecule has 5 nitrogen and oxygen atoms in total. The van der Waals surface area contributed by atoms with Gasteiger partial charge in [-0.1, -0.05) is 18.2 Å². The number of anilines is 1. The minimum Gasteiger partial charge on any atom is -0.351 e. The normalized spacial score (nSPS) is 17.6. The lowest BCUT2D eigenvalue weighted by molar-refractivity contribution is -0.113. The number of thioether (sulfide) groups is 1. The van der Waals surface area contributed by atoms with Crippen LogP contribution in [-0.2, 0) is 11.8 Å². The number of aromatic nitrogens is 2. The van der Waals surface area contributed by atoms with Gasteiger partial charge in [0.15, 0.2) is 5.17 Å². The van der Waals surface area contributed by atoms with Crippen LogP contribution in [0.2, 0.25) is 0 Å². The first-order valence-corrected chi connectivity index (χ1v) is 9.72. The van der Waals surface area contributed by atoms with Crippen molar-refractivity contribution in [3.63, 3.8) is 0 Å². The van der Waals surface area contributed by atoms with Gasteiger partial charge in [0.2, 0.25) is 5.13 Å². The molecule has 0 radical (unpaired) electrons. The van der Waals surface area contributed by atoms with Crippen LogP contribution >= 0.6 is 23.1 Å². The van der Waals surface area contributed by atoms with Crippen LogP contribution in [0.25, 0.3) is 6.08 Å². The van der Waals surface area contributed by atoms with E-state index in [1.54, 1.807) is 4.90 Å². The molecule has 1 amide bonds. The fraction of sp³-hybridized carbons (Fsp3) is 0.105. The largest absolute Gasteiger partial charge is 0.351 e. The molecule has 2 aromatic heterocycles. The molecule has 3 aromatic rings. The fourth-order valence-electron chi connectivity index (χ4n) is 2.59. The van der Waals surface area contributed by atoms with Crippen LogP contribution in [-0.4, -0.2) is 20.6 Å². The van der Waals surface area contributed by atoms with Gasteiger partial charge in [-0.3, -0.25) is 9.69 Å². The molecule has 1 aliphatic heterocycles. The first-order valence-electron chi connectivity index (χ1n) is 8.03. The molecule has 0 spiro atoms. The van der Waals surface area contributed by atoms with E-state index in [1.807, 2.05) is 78.7 Å². The topological polar surface area (TPSA) is 50.5 Å². The lowest BCUT2D eigenvalue weighted by Gasteiger charge is -2.14. The van der Waals surface area contributed by atoms with E-state index in [-0.39, 0.29) is 5.91 Å². The molecule has 0 unspecified atom stereocenters. The summed E-state index contributed by atoms with van der Waals surface area (Å²) in [5, 5.41) is 3.23. The Labute approximate surface area is 159 Å². The van der Waals surface area contributed by atoms with E-state index >= 15 is 0 Å². The summed E-state index contributed by atoms with van der Waals surface area (Å²) in [6, 6.07) is 13.5. The summed E-state index contributed by atoms with van der Waals surface area (Å²) < 4.78 is 1.98. The van der Waals surface area contributed by atoms with E-state index in [4.69, 9.17) is 0 Å². The van der Waals surface area contributed by atoms with Gasteiger partial charge in [-0.05, 0) is 49.0 Å². The Morgan fingerprint density at radius 1 is 1.15 bits per heavy atom. The fourth-order valence-corrected chi connectivity index (χ4v) is 4.28. The van der Waals surface area contributed by atoms with E-state index < -0.39 is 0 Å². The smallest absolute Gasteiger partial charge is 0.271 e. The number of amidine groups is 1. The van der Waals surface area contributed by atoms with Gasteiger partial charge in [-0.15, -0.1) is 11.3 Å². The third kappa shape index (κ3) is 3.23. The molecule has 1 aliphatic rings. The zero-order chi connectivity index (χ0) is 18.1. The number of carbonyl (C=O) groups excluding carboxylic acids is 1. The van der Waals surface area contributed by atoms with Crippen molar-refractivity contribution < 1.29 is 4.79 Å². The number of benzene rings is 1. The average Bonchev–Trinajstić information content (AvgIpc) is 3.31. The van der Waals surface area contributed by atoms with Crippen LogP contribution < -0.4 is 4.90 Å². The van der Waals surface area contributed by atoms with Gasteiger partial charge in [0.05, 0.1) is 16.3 Å². The molecule has 130 valence electrons. The lowest BCUT2D eigenvalue weighted by Crippen LogP contribution is -2.28. The summed E-state index contributed by atoms with van der Waals surface area (Å²) in [7, 11) is 1.96. The second-order valence-corrected chi connectivity index (χ2v) is 7.64. The highest BCUT2D eigenvalue weighted by Gasteiger charge is 2.35. The molecular formula is C19H16N4OS2. The highest BCUT2D eigenvalue weighted by Crippen LogP contribution is 2.37. The first-order chi connectivity index (χ1) is 12.6. The zero-order valence-corrected chi connectivity index (χ0v) is 15.9. The highest BCUT2D eigenvalue weighted by molar-refractivity contribution is 8.19. The molecule has 0 aliphatic carbocycles. The van der Waals surface area contributed by atoms with E-state index in [1.165, 1.54) is 23.1 Å². The van der Waals surface area contributed by atoms with Gasteiger partial charge in [-0.2, -0.15) is 4.99 Å². The monoisotopic (exact) mass is 380 g/mol. The van der Waals surface area contributed by atoms with E-state index in [0.717, 1.165) is 17.1 Å². The van der Waals surface area contributed by atoms with Gasteiger partial charge in [-0.25, -0.2) is 4.98 Å². The molecule has 3 heterocycles. The Bertz CT molecular complexity index is 1020. The third-order valence-electron chi connectivity index (χ3n) is 3.88. The van der Waals surface area contributed by atoms with Crippen LogP contribution in [0.15, 0.2) is 63.9 Å². The van der Waals surface area contributed by atoms with Crippen molar-refractivity contribution in [1.82, 2.24) is 9.55 Å². The van der Waals surface area contributed by atoms with Crippen molar-refractivity contribution in [3.8, 4) is 0 Å². The summed E-state index contributed by atoms with van der Waals surface area (Å²) in [6.07, 6.45) is 3.86. The lowest BCUT2D eigenvalue weighted by atomic mass is 10.3. The summed E-state index contributed by atoms with van der Waals surface area (Å²) in [4.78, 5) is 24.4. The molecule has 4 rings (SSSR count). The number of amides is 1. The SMILES string of the molecule is Cc1csc(/N=C2/S/C(=C/c3cccn3C)C(=O)N2c2ccccc2)n1. The molecule has 1 saturated heterocycles. The van der Waals surface area contributed by atoms with Gasteiger partial charge >= 0.3 is 0 Å². The van der Waals surface area contributed by atoms with Gasteiger partial charge in [0.25, 0.3) is 5.91 Å². The number of carbonyl (C=O) groups is 1. The van der Waals surface area contributed by atoms with Gasteiger partial charge in [0, 0.05) is 24.3 Å². The van der Waals surface area contributed by atoms with Gasteiger partial charge in [0.1, 0.15) is 0 Å². The number of aliphatic imine (C=N–C) groups is 1. The maximum Gasteiger partial charge on any atom is 0.271 e. The Hall–Kier alpha value is -2.64. The minimum absolute atomic E-state index is 0.0746. The third-order valence-corrected chi connectivity index (χ3v) is 5.70.